The molecule has 0 rings (SSSR count). The first-order valence-electron chi connectivity index (χ1n) is 1.12. The molecule has 9 heavy (non-hydrogen) atoms. The first-order valence-corrected chi connectivity index (χ1v) is 2.73. The molecule has 0 aliphatic carbocycles. The van der Waals surface area contributed by atoms with Crippen molar-refractivity contribution in [3.63, 3.8) is 0 Å². The van der Waals surface area contributed by atoms with Crippen LogP contribution in [0.4, 0.5) is 0 Å². The van der Waals surface area contributed by atoms with Crippen LogP contribution in [0.1, 0.15) is 1.43 Å². The number of rotatable bonds is 1. The Bertz CT molecular complexity index is 120. The van der Waals surface area contributed by atoms with E-state index in [0.29, 0.717) is 0 Å². The Morgan fingerprint density at radius 1 is 1.33 bits per heavy atom. The molecule has 0 spiro atoms. The zero-order chi connectivity index (χ0) is 5.21. The van der Waals surface area contributed by atoms with Crippen LogP contribution >= 0.6 is 0 Å². The van der Waals surface area contributed by atoms with Crippen LogP contribution in [0, 0.1) is 0 Å². The molecule has 8 heteroatoms. The third-order valence-electron chi connectivity index (χ3n) is 0.163. The van der Waals surface area contributed by atoms with Gasteiger partial charge in [0.2, 0.25) is 0 Å². The summed E-state index contributed by atoms with van der Waals surface area (Å²) >= 11 is 0. The van der Waals surface area contributed by atoms with Crippen molar-refractivity contribution in [1.29, 1.82) is 0 Å². The van der Waals surface area contributed by atoms with Gasteiger partial charge in [0, 0.05) is 0 Å². The van der Waals surface area contributed by atoms with Crippen LogP contribution < -0.4 is 29.6 Å². The SMILES string of the molecule is O.O.O=S(=O)(O)CO.[H-].[Na+]. The molecule has 0 unspecified atom stereocenters. The van der Waals surface area contributed by atoms with Crippen molar-refractivity contribution in [1.82, 2.24) is 0 Å². The largest absolute Gasteiger partial charge is 1.00 e. The number of aliphatic hydroxyl groups is 1. The quantitative estimate of drug-likeness (QED) is 0.300. The third kappa shape index (κ3) is 28.2. The fourth-order valence-electron chi connectivity index (χ4n) is 0. The Hall–Kier alpha value is 0.790. The second kappa shape index (κ2) is 8.79. The van der Waals surface area contributed by atoms with Crippen LogP contribution in [0.25, 0.3) is 0 Å². The first-order chi connectivity index (χ1) is 2.56. The summed E-state index contributed by atoms with van der Waals surface area (Å²) in [6.07, 6.45) is 0. The first kappa shape index (κ1) is 22.6. The summed E-state index contributed by atoms with van der Waals surface area (Å²) in [4.78, 5) is 0. The Balaban J connectivity index is -0.0000000208. The van der Waals surface area contributed by atoms with Crippen molar-refractivity contribution in [3.05, 3.63) is 0 Å². The van der Waals surface area contributed by atoms with Gasteiger partial charge >= 0.3 is 29.6 Å². The second-order valence-electron chi connectivity index (χ2n) is 0.711. The molecule has 0 saturated heterocycles. The normalized spacial score (nSPS) is 7.78. The Morgan fingerprint density at radius 3 is 1.44 bits per heavy atom. The maximum atomic E-state index is 9.31. The van der Waals surface area contributed by atoms with E-state index >= 15 is 0 Å². The minimum absolute atomic E-state index is 0. The van der Waals surface area contributed by atoms with E-state index in [1.807, 2.05) is 0 Å². The van der Waals surface area contributed by atoms with E-state index < -0.39 is 16.1 Å². The molecule has 0 bridgehead atoms. The summed E-state index contributed by atoms with van der Waals surface area (Å²) in [7, 11) is -4.11. The van der Waals surface area contributed by atoms with E-state index in [0.717, 1.165) is 0 Å². The van der Waals surface area contributed by atoms with Gasteiger partial charge in [0.05, 0.1) is 0 Å². The van der Waals surface area contributed by atoms with Gasteiger partial charge in [-0.2, -0.15) is 8.42 Å². The maximum Gasteiger partial charge on any atom is 1.00 e. The van der Waals surface area contributed by atoms with Crippen molar-refractivity contribution < 1.29 is 60.0 Å². The van der Waals surface area contributed by atoms with E-state index in [2.05, 4.69) is 0 Å². The maximum absolute atomic E-state index is 9.31. The summed E-state index contributed by atoms with van der Waals surface area (Å²) in [6.45, 7) is 0. The van der Waals surface area contributed by atoms with Crippen LogP contribution in [-0.4, -0.2) is 35.0 Å². The molecule has 0 aliphatic heterocycles. The molecular formula is CH9NaO6S. The second-order valence-corrected chi connectivity index (χ2v) is 2.13. The molecule has 0 saturated carbocycles. The van der Waals surface area contributed by atoms with Gasteiger partial charge in [-0.3, -0.25) is 4.55 Å². The standard InChI is InChI=1S/CH4O4S.Na.2H2O.H/c2-1-6(3,4)5;;;;/h2H,1H2,(H,3,4,5);;2*1H2;/q;+1;;;-1. The summed E-state index contributed by atoms with van der Waals surface area (Å²) in [6, 6.07) is 0. The fraction of sp³-hybridized carbons (Fsp3) is 1.00. The van der Waals surface area contributed by atoms with Crippen molar-refractivity contribution >= 4 is 10.1 Å². The molecule has 0 aromatic heterocycles. The van der Waals surface area contributed by atoms with E-state index in [1.54, 1.807) is 0 Å². The summed E-state index contributed by atoms with van der Waals surface area (Å²) in [5.41, 5.74) is 0. The van der Waals surface area contributed by atoms with Crippen molar-refractivity contribution in [3.8, 4) is 0 Å². The zero-order valence-electron chi connectivity index (χ0n) is 5.83. The Kier molecular flexibility index (Phi) is 22.0. The van der Waals surface area contributed by atoms with Gasteiger partial charge in [0.25, 0.3) is 10.1 Å². The topological polar surface area (TPSA) is 138 Å². The molecule has 6 nitrogen and oxygen atoms in total. The molecule has 0 aromatic rings. The molecule has 0 aromatic carbocycles. The molecule has 0 fully saturated rings. The molecule has 0 amide bonds. The number of hydrogen-bond acceptors (Lipinski definition) is 3. The molecule has 0 heterocycles. The van der Waals surface area contributed by atoms with Crippen LogP contribution in [0.2, 0.25) is 0 Å². The smallest absolute Gasteiger partial charge is 1.00 e. The van der Waals surface area contributed by atoms with E-state index in [4.69, 9.17) is 9.66 Å². The predicted molar refractivity (Wildman–Crippen MR) is 27.0 cm³/mol. The molecular weight excluding hydrogens is 163 g/mol. The van der Waals surface area contributed by atoms with Gasteiger partial charge in [-0.05, 0) is 0 Å². The van der Waals surface area contributed by atoms with Gasteiger partial charge in [0.1, 0.15) is 0 Å². The predicted octanol–water partition coefficient (Wildman–Crippen LogP) is -5.71. The van der Waals surface area contributed by atoms with E-state index in [-0.39, 0.29) is 41.9 Å². The van der Waals surface area contributed by atoms with Crippen LogP contribution in [0.15, 0.2) is 0 Å². The minimum atomic E-state index is -4.11. The van der Waals surface area contributed by atoms with E-state index in [9.17, 15) is 8.42 Å². The van der Waals surface area contributed by atoms with Gasteiger partial charge in [-0.1, -0.05) is 0 Å². The number of aliphatic hydroxyl groups excluding tert-OH is 1. The van der Waals surface area contributed by atoms with Gasteiger partial charge in [-0.15, -0.1) is 0 Å². The summed E-state index contributed by atoms with van der Waals surface area (Å²) in [5, 5.41) is 7.56. The average molecular weight is 172 g/mol. The van der Waals surface area contributed by atoms with E-state index in [1.165, 1.54) is 0 Å². The Labute approximate surface area is 76.0 Å². The van der Waals surface area contributed by atoms with Crippen LogP contribution in [0.3, 0.4) is 0 Å². The molecule has 56 valence electrons. The van der Waals surface area contributed by atoms with Crippen LogP contribution in [-0.2, 0) is 10.1 Å². The summed E-state index contributed by atoms with van der Waals surface area (Å²) < 4.78 is 26.2. The van der Waals surface area contributed by atoms with Gasteiger partial charge in [0.15, 0.2) is 5.94 Å². The summed E-state index contributed by atoms with van der Waals surface area (Å²) in [5.74, 6) is -1.20. The monoisotopic (exact) mass is 172 g/mol. The average Bonchev–Trinajstić information content (AvgIpc) is 1.35. The third-order valence-corrected chi connectivity index (χ3v) is 0.489. The van der Waals surface area contributed by atoms with Gasteiger partial charge < -0.3 is 17.5 Å². The molecule has 0 atom stereocenters. The number of hydrogen-bond donors (Lipinski definition) is 2. The zero-order valence-corrected chi connectivity index (χ0v) is 7.64. The van der Waals surface area contributed by atoms with Gasteiger partial charge in [-0.25, -0.2) is 0 Å². The molecule has 6 N–H and O–H groups in total. The molecule has 0 radical (unpaired) electrons. The minimum Gasteiger partial charge on any atom is -1.00 e. The van der Waals surface area contributed by atoms with Crippen molar-refractivity contribution in [2.24, 2.45) is 0 Å². The fourth-order valence-corrected chi connectivity index (χ4v) is 0. The molecule has 0 aliphatic rings. The van der Waals surface area contributed by atoms with Crippen molar-refractivity contribution in [2.45, 2.75) is 0 Å². The van der Waals surface area contributed by atoms with Crippen LogP contribution in [0.5, 0.6) is 0 Å². The Morgan fingerprint density at radius 2 is 1.44 bits per heavy atom. The van der Waals surface area contributed by atoms with Crippen molar-refractivity contribution in [2.75, 3.05) is 5.94 Å².